The van der Waals surface area contributed by atoms with E-state index in [1.54, 1.807) is 0 Å². The minimum atomic E-state index is -2.97. The Morgan fingerprint density at radius 2 is 2.00 bits per heavy atom. The summed E-state index contributed by atoms with van der Waals surface area (Å²) in [5.41, 5.74) is 3.15. The third kappa shape index (κ3) is 5.74. The molecule has 0 amide bonds. The van der Waals surface area contributed by atoms with Crippen LogP contribution in [0.2, 0.25) is 0 Å². The van der Waals surface area contributed by atoms with Gasteiger partial charge in [-0.05, 0) is 20.8 Å². The Kier molecular flexibility index (Phi) is 6.19. The van der Waals surface area contributed by atoms with Crippen LogP contribution in [0, 0.1) is 13.8 Å². The van der Waals surface area contributed by atoms with E-state index in [0.717, 1.165) is 23.5 Å². The van der Waals surface area contributed by atoms with E-state index in [0.29, 0.717) is 19.0 Å². The Morgan fingerprint density at radius 3 is 2.48 bits per heavy atom. The minimum absolute atomic E-state index is 0.0857. The number of nitrogens with zero attached hydrogens (tertiary/aromatic N) is 3. The van der Waals surface area contributed by atoms with Gasteiger partial charge in [0.25, 0.3) is 0 Å². The zero-order chi connectivity index (χ0) is 16.0. The molecule has 1 rings (SSSR count). The molecule has 0 unspecified atom stereocenters. The van der Waals surface area contributed by atoms with Crippen LogP contribution in [-0.2, 0) is 23.4 Å². The number of aromatic nitrogens is 2. The largest absolute Gasteiger partial charge is 0.357 e. The maximum atomic E-state index is 11.1. The molecule has 0 spiro atoms. The molecule has 0 aromatic carbocycles. The van der Waals surface area contributed by atoms with Crippen LogP contribution in [0.15, 0.2) is 4.99 Å². The topological polar surface area (TPSA) is 88.4 Å². The summed E-state index contributed by atoms with van der Waals surface area (Å²) in [4.78, 5) is 4.48. The monoisotopic (exact) mass is 315 g/mol. The normalized spacial score (nSPS) is 12.5. The lowest BCUT2D eigenvalue weighted by molar-refractivity contribution is 0.600. The van der Waals surface area contributed by atoms with Crippen LogP contribution in [0.4, 0.5) is 0 Å². The smallest absolute Gasteiger partial charge is 0.191 e. The predicted molar refractivity (Wildman–Crippen MR) is 85.2 cm³/mol. The summed E-state index contributed by atoms with van der Waals surface area (Å²) >= 11 is 0. The number of hydrogen-bond acceptors (Lipinski definition) is 4. The third-order valence-corrected chi connectivity index (χ3v) is 4.11. The number of aliphatic imine (C=N–C) groups is 1. The molecule has 120 valence electrons. The number of nitrogens with one attached hydrogen (secondary N) is 2. The highest BCUT2D eigenvalue weighted by Gasteiger charge is 2.09. The van der Waals surface area contributed by atoms with Gasteiger partial charge < -0.3 is 10.6 Å². The van der Waals surface area contributed by atoms with E-state index in [1.165, 1.54) is 6.26 Å². The van der Waals surface area contributed by atoms with Gasteiger partial charge >= 0.3 is 0 Å². The quantitative estimate of drug-likeness (QED) is 0.576. The Hall–Kier alpha value is -1.57. The number of rotatable bonds is 6. The predicted octanol–water partition coefficient (Wildman–Crippen LogP) is 0.137. The van der Waals surface area contributed by atoms with Gasteiger partial charge in [0.05, 0.1) is 18.0 Å². The summed E-state index contributed by atoms with van der Waals surface area (Å²) in [6, 6.07) is 0. The fourth-order valence-corrected chi connectivity index (χ4v) is 2.37. The van der Waals surface area contributed by atoms with Crippen molar-refractivity contribution >= 4 is 15.8 Å². The molecule has 21 heavy (non-hydrogen) atoms. The first kappa shape index (κ1) is 17.5. The minimum Gasteiger partial charge on any atom is -0.357 e. The molecule has 0 aliphatic rings. The highest BCUT2D eigenvalue weighted by Crippen LogP contribution is 2.12. The van der Waals surface area contributed by atoms with Crippen molar-refractivity contribution in [2.24, 2.45) is 12.0 Å². The number of guanidine groups is 1. The maximum absolute atomic E-state index is 11.1. The Labute approximate surface area is 126 Å². The van der Waals surface area contributed by atoms with Crippen LogP contribution in [0.1, 0.15) is 23.9 Å². The van der Waals surface area contributed by atoms with E-state index >= 15 is 0 Å². The lowest BCUT2D eigenvalue weighted by Gasteiger charge is -2.10. The van der Waals surface area contributed by atoms with Crippen molar-refractivity contribution in [2.45, 2.75) is 27.3 Å². The highest BCUT2D eigenvalue weighted by molar-refractivity contribution is 7.90. The molecule has 0 saturated carbocycles. The van der Waals surface area contributed by atoms with Crippen LogP contribution in [0.25, 0.3) is 0 Å². The molecule has 0 aliphatic carbocycles. The molecule has 0 bridgehead atoms. The molecule has 0 fully saturated rings. The third-order valence-electron chi connectivity index (χ3n) is 3.16. The fourth-order valence-electron chi connectivity index (χ4n) is 1.90. The summed E-state index contributed by atoms with van der Waals surface area (Å²) in [7, 11) is -1.06. The summed E-state index contributed by atoms with van der Waals surface area (Å²) in [5, 5.41) is 10.5. The van der Waals surface area contributed by atoms with Gasteiger partial charge in [-0.15, -0.1) is 0 Å². The Morgan fingerprint density at radius 1 is 1.33 bits per heavy atom. The maximum Gasteiger partial charge on any atom is 0.191 e. The Balaban J connectivity index is 2.71. The van der Waals surface area contributed by atoms with Gasteiger partial charge in [0.15, 0.2) is 5.96 Å². The first-order valence-electron chi connectivity index (χ1n) is 6.93. The first-order valence-corrected chi connectivity index (χ1v) is 8.99. The second kappa shape index (κ2) is 7.44. The molecule has 1 aromatic heterocycles. The standard InChI is InChI=1S/C13H25N5O2S/c1-6-14-13(15-7-8-21(5,19)20)16-9-12-10(2)17-18(4)11(12)3/h6-9H2,1-5H3,(H2,14,15,16). The summed E-state index contributed by atoms with van der Waals surface area (Å²) in [6.45, 7) is 7.51. The molecule has 8 heteroatoms. The van der Waals surface area contributed by atoms with E-state index in [-0.39, 0.29) is 5.75 Å². The van der Waals surface area contributed by atoms with E-state index in [4.69, 9.17) is 0 Å². The van der Waals surface area contributed by atoms with Crippen molar-refractivity contribution in [3.05, 3.63) is 17.0 Å². The van der Waals surface area contributed by atoms with Crippen LogP contribution in [0.3, 0.4) is 0 Å². The van der Waals surface area contributed by atoms with Gasteiger partial charge in [-0.25, -0.2) is 13.4 Å². The molecule has 0 atom stereocenters. The summed E-state index contributed by atoms with van der Waals surface area (Å²) < 4.78 is 24.1. The van der Waals surface area contributed by atoms with E-state index in [2.05, 4.69) is 20.7 Å². The van der Waals surface area contributed by atoms with Crippen molar-refractivity contribution < 1.29 is 8.42 Å². The molecule has 1 heterocycles. The van der Waals surface area contributed by atoms with E-state index in [9.17, 15) is 8.42 Å². The molecule has 0 aliphatic heterocycles. The average Bonchev–Trinajstić information content (AvgIpc) is 2.59. The van der Waals surface area contributed by atoms with Crippen molar-refractivity contribution in [2.75, 3.05) is 25.1 Å². The summed E-state index contributed by atoms with van der Waals surface area (Å²) in [6.07, 6.45) is 1.22. The average molecular weight is 315 g/mol. The zero-order valence-corrected chi connectivity index (χ0v) is 14.2. The molecule has 7 nitrogen and oxygen atoms in total. The van der Waals surface area contributed by atoms with Crippen molar-refractivity contribution in [1.29, 1.82) is 0 Å². The highest BCUT2D eigenvalue weighted by atomic mass is 32.2. The van der Waals surface area contributed by atoms with Gasteiger partial charge in [-0.1, -0.05) is 0 Å². The number of aryl methyl sites for hydroxylation is 2. The van der Waals surface area contributed by atoms with Gasteiger partial charge in [0, 0.05) is 37.7 Å². The van der Waals surface area contributed by atoms with Crippen LogP contribution < -0.4 is 10.6 Å². The lowest BCUT2D eigenvalue weighted by atomic mass is 10.2. The first-order chi connectivity index (χ1) is 9.74. The molecular weight excluding hydrogens is 290 g/mol. The SMILES string of the molecule is CCNC(=NCc1c(C)nn(C)c1C)NCCS(C)(=O)=O. The molecule has 0 radical (unpaired) electrons. The van der Waals surface area contributed by atoms with Crippen LogP contribution in [-0.4, -0.2) is 49.3 Å². The Bertz CT molecular complexity index is 604. The number of hydrogen-bond donors (Lipinski definition) is 2. The fraction of sp³-hybridized carbons (Fsp3) is 0.692. The van der Waals surface area contributed by atoms with Crippen LogP contribution >= 0.6 is 0 Å². The molecule has 0 saturated heterocycles. The zero-order valence-electron chi connectivity index (χ0n) is 13.4. The molecule has 1 aromatic rings. The van der Waals surface area contributed by atoms with Gasteiger partial charge in [0.1, 0.15) is 9.84 Å². The van der Waals surface area contributed by atoms with E-state index in [1.807, 2.05) is 32.5 Å². The molecule has 2 N–H and O–H groups in total. The summed E-state index contributed by atoms with van der Waals surface area (Å²) in [5.74, 6) is 0.700. The van der Waals surface area contributed by atoms with Gasteiger partial charge in [-0.2, -0.15) is 5.10 Å². The number of sulfone groups is 1. The second-order valence-corrected chi connectivity index (χ2v) is 7.28. The van der Waals surface area contributed by atoms with Crippen LogP contribution in [0.5, 0.6) is 0 Å². The lowest BCUT2D eigenvalue weighted by Crippen LogP contribution is -2.39. The van der Waals surface area contributed by atoms with Crippen molar-refractivity contribution in [3.8, 4) is 0 Å². The van der Waals surface area contributed by atoms with Crippen molar-refractivity contribution in [3.63, 3.8) is 0 Å². The van der Waals surface area contributed by atoms with Crippen molar-refractivity contribution in [1.82, 2.24) is 20.4 Å². The van der Waals surface area contributed by atoms with E-state index < -0.39 is 9.84 Å². The molecular formula is C13H25N5O2S. The van der Waals surface area contributed by atoms with Gasteiger partial charge in [-0.3, -0.25) is 4.68 Å². The second-order valence-electron chi connectivity index (χ2n) is 5.02. The van der Waals surface area contributed by atoms with Gasteiger partial charge in [0.2, 0.25) is 0 Å².